The Morgan fingerprint density at radius 1 is 1.62 bits per heavy atom. The first-order valence-electron chi connectivity index (χ1n) is 6.63. The maximum Gasteiger partial charge on any atom is 0.0169 e. The molecule has 1 aliphatic heterocycles. The van der Waals surface area contributed by atoms with Gasteiger partial charge >= 0.3 is 0 Å². The highest BCUT2D eigenvalue weighted by molar-refractivity contribution is 4.80. The summed E-state index contributed by atoms with van der Waals surface area (Å²) in [4.78, 5) is 2.58. The fourth-order valence-electron chi connectivity index (χ4n) is 2.09. The Kier molecular flexibility index (Phi) is 3.62. The second kappa shape index (κ2) is 4.97. The SMILES string of the molecule is CCC1CCN(C(C)C)C[C@@H](C)N1.[2H][2H]. The van der Waals surface area contributed by atoms with Gasteiger partial charge in [0.1, 0.15) is 0 Å². The van der Waals surface area contributed by atoms with E-state index in [9.17, 15) is 0 Å². The highest BCUT2D eigenvalue weighted by Crippen LogP contribution is 2.10. The highest BCUT2D eigenvalue weighted by Gasteiger charge is 2.20. The van der Waals surface area contributed by atoms with Crippen LogP contribution in [0.4, 0.5) is 0 Å². The summed E-state index contributed by atoms with van der Waals surface area (Å²) >= 11 is 0. The molecule has 0 aromatic carbocycles. The van der Waals surface area contributed by atoms with E-state index in [4.69, 9.17) is 2.97 Å². The molecule has 1 aliphatic rings. The fourth-order valence-corrected chi connectivity index (χ4v) is 2.09. The van der Waals surface area contributed by atoms with Gasteiger partial charge in [-0.05, 0) is 40.2 Å². The molecule has 1 rings (SSSR count). The van der Waals surface area contributed by atoms with Gasteiger partial charge in [-0.15, -0.1) is 0 Å². The van der Waals surface area contributed by atoms with E-state index in [1.54, 1.807) is 0 Å². The summed E-state index contributed by atoms with van der Waals surface area (Å²) in [5.41, 5.74) is 0. The lowest BCUT2D eigenvalue weighted by Crippen LogP contribution is -2.40. The van der Waals surface area contributed by atoms with Gasteiger partial charge in [0.2, 0.25) is 0 Å². The van der Waals surface area contributed by atoms with Gasteiger partial charge in [0.15, 0.2) is 0 Å². The number of hydrogen-bond donors (Lipinski definition) is 1. The van der Waals surface area contributed by atoms with Crippen molar-refractivity contribution in [2.75, 3.05) is 13.1 Å². The largest absolute Gasteiger partial charge is 0.310 e. The molecule has 0 spiro atoms. The average Bonchev–Trinajstić information content (AvgIpc) is 2.42. The van der Waals surface area contributed by atoms with Gasteiger partial charge < -0.3 is 5.32 Å². The van der Waals surface area contributed by atoms with Crippen LogP contribution in [0.15, 0.2) is 0 Å². The predicted octanol–water partition coefficient (Wildman–Crippen LogP) is 2.10. The summed E-state index contributed by atoms with van der Waals surface area (Å²) in [6, 6.07) is 2.08. The number of nitrogens with one attached hydrogen (secondary N) is 1. The van der Waals surface area contributed by atoms with Gasteiger partial charge in [0.25, 0.3) is 0 Å². The minimum Gasteiger partial charge on any atom is -0.310 e. The molecule has 2 nitrogen and oxygen atoms in total. The maximum absolute atomic E-state index is 5.00. The van der Waals surface area contributed by atoms with Crippen molar-refractivity contribution in [2.24, 2.45) is 0 Å². The lowest BCUT2D eigenvalue weighted by molar-refractivity contribution is 0.221. The molecule has 0 aliphatic carbocycles. The molecule has 0 saturated carbocycles. The van der Waals surface area contributed by atoms with E-state index in [-0.39, 0.29) is 0 Å². The molecule has 1 heterocycles. The van der Waals surface area contributed by atoms with E-state index in [2.05, 4.69) is 37.9 Å². The first kappa shape index (κ1) is 9.47. The molecule has 0 bridgehead atoms. The lowest BCUT2D eigenvalue weighted by atomic mass is 10.1. The van der Waals surface area contributed by atoms with E-state index < -0.39 is 0 Å². The molecular weight excluding hydrogens is 160 g/mol. The first-order valence-corrected chi connectivity index (χ1v) is 5.63. The fraction of sp³-hybridized carbons (Fsp3) is 1.00. The summed E-state index contributed by atoms with van der Waals surface area (Å²) in [5.74, 6) is 0. The third-order valence-electron chi connectivity index (χ3n) is 3.02. The summed E-state index contributed by atoms with van der Waals surface area (Å²) < 4.78 is 10.0. The molecule has 0 radical (unpaired) electrons. The molecule has 80 valence electrons. The van der Waals surface area contributed by atoms with Crippen LogP contribution in [0, 0.1) is 0 Å². The Bertz CT molecular complexity index is 154. The molecular formula is C11H26N2. The molecule has 1 unspecified atom stereocenters. The van der Waals surface area contributed by atoms with Gasteiger partial charge in [0.05, 0.1) is 0 Å². The van der Waals surface area contributed by atoms with E-state index in [0.29, 0.717) is 12.1 Å². The van der Waals surface area contributed by atoms with Crippen LogP contribution in [0.3, 0.4) is 0 Å². The van der Waals surface area contributed by atoms with Crippen LogP contribution in [0.5, 0.6) is 0 Å². The van der Waals surface area contributed by atoms with Crippen molar-refractivity contribution >= 4 is 0 Å². The Balaban J connectivity index is 0.000000921. The molecule has 2 heteroatoms. The topological polar surface area (TPSA) is 15.3 Å². The minimum absolute atomic E-state index is 0.648. The summed E-state index contributed by atoms with van der Waals surface area (Å²) in [7, 11) is 0. The Labute approximate surface area is 85.8 Å². The van der Waals surface area contributed by atoms with Gasteiger partial charge in [-0.25, -0.2) is 0 Å². The van der Waals surface area contributed by atoms with Crippen molar-refractivity contribution in [1.29, 1.82) is 0 Å². The highest BCUT2D eigenvalue weighted by atomic mass is 15.2. The van der Waals surface area contributed by atoms with Crippen LogP contribution in [-0.2, 0) is 0 Å². The van der Waals surface area contributed by atoms with E-state index >= 15 is 0 Å². The van der Waals surface area contributed by atoms with E-state index in [1.807, 2.05) is 0 Å². The van der Waals surface area contributed by atoms with Crippen molar-refractivity contribution in [2.45, 2.75) is 58.7 Å². The van der Waals surface area contributed by atoms with Crippen LogP contribution in [0.1, 0.15) is 43.5 Å². The first-order chi connectivity index (χ1) is 7.13. The standard InChI is InChI=1S/C11H24N2.H2/c1-5-11-6-7-13(9(2)3)8-10(4)12-11;/h9-12H,5-8H2,1-4H3;1H/t10-,11?;/m1./s1/i;1+1D. The summed E-state index contributed by atoms with van der Waals surface area (Å²) in [6.45, 7) is 11.6. The third-order valence-corrected chi connectivity index (χ3v) is 3.02. The number of rotatable bonds is 2. The Hall–Kier alpha value is -0.0800. The number of hydrogen-bond acceptors (Lipinski definition) is 2. The minimum atomic E-state index is 0.648. The van der Waals surface area contributed by atoms with E-state index in [1.165, 1.54) is 25.9 Å². The third kappa shape index (κ3) is 3.28. The van der Waals surface area contributed by atoms with Crippen LogP contribution >= 0.6 is 0 Å². The van der Waals surface area contributed by atoms with E-state index in [0.717, 1.165) is 6.04 Å². The predicted molar refractivity (Wildman–Crippen MR) is 60.1 cm³/mol. The second-order valence-corrected chi connectivity index (χ2v) is 4.55. The van der Waals surface area contributed by atoms with Crippen LogP contribution in [0.25, 0.3) is 0 Å². The lowest BCUT2D eigenvalue weighted by Gasteiger charge is -2.26. The molecule has 1 fully saturated rings. The van der Waals surface area contributed by atoms with Gasteiger partial charge in [-0.3, -0.25) is 4.90 Å². The monoisotopic (exact) mass is 188 g/mol. The summed E-state index contributed by atoms with van der Waals surface area (Å²) in [6.07, 6.45) is 2.56. The zero-order valence-electron chi connectivity index (χ0n) is 11.5. The van der Waals surface area contributed by atoms with Gasteiger partial charge in [0, 0.05) is 27.6 Å². The van der Waals surface area contributed by atoms with Crippen LogP contribution in [0.2, 0.25) is 0 Å². The Morgan fingerprint density at radius 2 is 2.31 bits per heavy atom. The average molecular weight is 188 g/mol. The molecule has 13 heavy (non-hydrogen) atoms. The van der Waals surface area contributed by atoms with Crippen LogP contribution in [-0.4, -0.2) is 36.1 Å². The molecule has 2 atom stereocenters. The molecule has 0 aromatic heterocycles. The normalized spacial score (nSPS) is 32.7. The van der Waals surface area contributed by atoms with Crippen molar-refractivity contribution in [3.63, 3.8) is 0 Å². The molecule has 0 aromatic rings. The van der Waals surface area contributed by atoms with Crippen molar-refractivity contribution < 1.29 is 2.97 Å². The van der Waals surface area contributed by atoms with Gasteiger partial charge in [-0.1, -0.05) is 6.92 Å². The maximum atomic E-state index is 5.00. The smallest absolute Gasteiger partial charge is 0.0169 e. The van der Waals surface area contributed by atoms with Crippen molar-refractivity contribution in [3.8, 4) is 0 Å². The van der Waals surface area contributed by atoms with Crippen molar-refractivity contribution in [1.82, 2.24) is 10.2 Å². The molecule has 1 saturated heterocycles. The van der Waals surface area contributed by atoms with Crippen LogP contribution < -0.4 is 5.32 Å². The molecule has 0 amide bonds. The van der Waals surface area contributed by atoms with Crippen molar-refractivity contribution in [3.05, 3.63) is 0 Å². The Morgan fingerprint density at radius 3 is 2.85 bits per heavy atom. The van der Waals surface area contributed by atoms with Gasteiger partial charge in [-0.2, -0.15) is 0 Å². The summed E-state index contributed by atoms with van der Waals surface area (Å²) in [5, 5.41) is 3.67. The second-order valence-electron chi connectivity index (χ2n) is 4.55. The quantitative estimate of drug-likeness (QED) is 0.714. The number of nitrogens with zero attached hydrogens (tertiary/aromatic N) is 1. The molecule has 1 N–H and O–H groups in total. The zero-order chi connectivity index (χ0) is 11.8. The zero-order valence-corrected chi connectivity index (χ0v) is 9.51.